The number of ketones is 1. The number of halogens is 1. The molecule has 17 heavy (non-hydrogen) atoms. The molecule has 88 valence electrons. The normalized spacial score (nSPS) is 10.5. The highest BCUT2D eigenvalue weighted by molar-refractivity contribution is 9.10. The smallest absolute Gasteiger partial charge is 0.191 e. The molecule has 1 aromatic heterocycles. The average molecular weight is 312 g/mol. The Kier molecular flexibility index (Phi) is 3.96. The summed E-state index contributed by atoms with van der Waals surface area (Å²) in [6, 6.07) is 7.41. The number of hydrogen-bond acceptors (Lipinski definition) is 4. The maximum atomic E-state index is 12.0. The van der Waals surface area contributed by atoms with Crippen LogP contribution in [-0.4, -0.2) is 26.3 Å². The summed E-state index contributed by atoms with van der Waals surface area (Å²) in [5.74, 6) is 0.431. The van der Waals surface area contributed by atoms with Gasteiger partial charge in [-0.3, -0.25) is 4.79 Å². The van der Waals surface area contributed by atoms with Crippen molar-refractivity contribution in [1.82, 2.24) is 14.8 Å². The Morgan fingerprint density at radius 2 is 2.24 bits per heavy atom. The van der Waals surface area contributed by atoms with Crippen molar-refractivity contribution in [3.8, 4) is 0 Å². The second-order valence-corrected chi connectivity index (χ2v) is 5.21. The van der Waals surface area contributed by atoms with Gasteiger partial charge in [-0.15, -0.1) is 10.2 Å². The van der Waals surface area contributed by atoms with Crippen LogP contribution in [0.15, 0.2) is 40.2 Å². The zero-order chi connectivity index (χ0) is 12.3. The van der Waals surface area contributed by atoms with E-state index in [-0.39, 0.29) is 5.78 Å². The van der Waals surface area contributed by atoms with Gasteiger partial charge in [0, 0.05) is 17.1 Å². The first-order chi connectivity index (χ1) is 8.18. The zero-order valence-corrected chi connectivity index (χ0v) is 11.5. The molecule has 6 heteroatoms. The second kappa shape index (κ2) is 5.46. The molecule has 1 heterocycles. The molecule has 0 fully saturated rings. The largest absolute Gasteiger partial charge is 0.312 e. The molecule has 0 aliphatic heterocycles. The van der Waals surface area contributed by atoms with Crippen LogP contribution in [0.3, 0.4) is 0 Å². The van der Waals surface area contributed by atoms with Gasteiger partial charge in [0.2, 0.25) is 0 Å². The second-order valence-electron chi connectivity index (χ2n) is 3.42. The third-order valence-electron chi connectivity index (χ3n) is 2.18. The first kappa shape index (κ1) is 12.3. The molecule has 2 rings (SSSR count). The molecule has 1 aromatic carbocycles. The fraction of sp³-hybridized carbons (Fsp3) is 0.182. The van der Waals surface area contributed by atoms with Crippen LogP contribution in [0.5, 0.6) is 0 Å². The molecule has 0 aliphatic rings. The number of carbonyl (C=O) groups excluding carboxylic acids is 1. The van der Waals surface area contributed by atoms with E-state index in [1.54, 1.807) is 10.9 Å². The SMILES string of the molecule is Cn1cnnc1SCC(=O)c1ccccc1Br. The maximum absolute atomic E-state index is 12.0. The maximum Gasteiger partial charge on any atom is 0.191 e. The molecule has 0 spiro atoms. The Hall–Kier alpha value is -1.14. The Morgan fingerprint density at radius 1 is 1.47 bits per heavy atom. The van der Waals surface area contributed by atoms with Gasteiger partial charge in [0.1, 0.15) is 6.33 Å². The third-order valence-corrected chi connectivity index (χ3v) is 3.90. The highest BCUT2D eigenvalue weighted by atomic mass is 79.9. The van der Waals surface area contributed by atoms with Crippen molar-refractivity contribution in [1.29, 1.82) is 0 Å². The molecule has 0 bridgehead atoms. The first-order valence-corrected chi connectivity index (χ1v) is 6.71. The van der Waals surface area contributed by atoms with E-state index >= 15 is 0 Å². The van der Waals surface area contributed by atoms with Gasteiger partial charge in [0.05, 0.1) is 5.75 Å². The van der Waals surface area contributed by atoms with Crippen LogP contribution in [0, 0.1) is 0 Å². The lowest BCUT2D eigenvalue weighted by atomic mass is 10.1. The fourth-order valence-electron chi connectivity index (χ4n) is 1.30. The summed E-state index contributed by atoms with van der Waals surface area (Å²) >= 11 is 4.75. The van der Waals surface area contributed by atoms with Gasteiger partial charge in [-0.2, -0.15) is 0 Å². The van der Waals surface area contributed by atoms with Crippen molar-refractivity contribution in [2.45, 2.75) is 5.16 Å². The van der Waals surface area contributed by atoms with E-state index in [1.165, 1.54) is 11.8 Å². The van der Waals surface area contributed by atoms with Crippen LogP contribution < -0.4 is 0 Å². The Bertz CT molecular complexity index is 541. The molecule has 2 aromatic rings. The fourth-order valence-corrected chi connectivity index (χ4v) is 2.58. The van der Waals surface area contributed by atoms with Crippen LogP contribution in [0.2, 0.25) is 0 Å². The van der Waals surface area contributed by atoms with Gasteiger partial charge < -0.3 is 4.57 Å². The molecule has 0 saturated carbocycles. The molecular formula is C11H10BrN3OS. The van der Waals surface area contributed by atoms with Crippen LogP contribution in [0.1, 0.15) is 10.4 Å². The Labute approximate surface area is 112 Å². The molecule has 0 atom stereocenters. The summed E-state index contributed by atoms with van der Waals surface area (Å²) in [4.78, 5) is 12.0. The lowest BCUT2D eigenvalue weighted by molar-refractivity contribution is 0.102. The van der Waals surface area contributed by atoms with E-state index in [1.807, 2.05) is 31.3 Å². The number of Topliss-reactive ketones (excluding diaryl/α,β-unsaturated/α-hetero) is 1. The standard InChI is InChI=1S/C11H10BrN3OS/c1-15-7-13-14-11(15)17-6-10(16)8-4-2-3-5-9(8)12/h2-5,7H,6H2,1H3. The minimum Gasteiger partial charge on any atom is -0.312 e. The van der Waals surface area contributed by atoms with Gasteiger partial charge in [-0.05, 0) is 6.07 Å². The van der Waals surface area contributed by atoms with Crippen molar-refractivity contribution in [3.05, 3.63) is 40.6 Å². The molecule has 0 radical (unpaired) electrons. The first-order valence-electron chi connectivity index (χ1n) is 4.93. The predicted molar refractivity (Wildman–Crippen MR) is 70.2 cm³/mol. The van der Waals surface area contributed by atoms with E-state index in [0.717, 1.165) is 9.63 Å². The number of benzene rings is 1. The number of aryl methyl sites for hydroxylation is 1. The van der Waals surface area contributed by atoms with Gasteiger partial charge >= 0.3 is 0 Å². The molecule has 0 unspecified atom stereocenters. The van der Waals surface area contributed by atoms with Crippen molar-refractivity contribution >= 4 is 33.5 Å². The van der Waals surface area contributed by atoms with Crippen molar-refractivity contribution in [2.24, 2.45) is 7.05 Å². The minimum atomic E-state index is 0.0745. The van der Waals surface area contributed by atoms with Crippen LogP contribution in [0.4, 0.5) is 0 Å². The van der Waals surface area contributed by atoms with Crippen molar-refractivity contribution < 1.29 is 4.79 Å². The van der Waals surface area contributed by atoms with Gasteiger partial charge in [-0.25, -0.2) is 0 Å². The van der Waals surface area contributed by atoms with E-state index in [9.17, 15) is 4.79 Å². The molecular weight excluding hydrogens is 302 g/mol. The lowest BCUT2D eigenvalue weighted by Gasteiger charge is -2.02. The monoisotopic (exact) mass is 311 g/mol. The zero-order valence-electron chi connectivity index (χ0n) is 9.13. The third kappa shape index (κ3) is 2.95. The molecule has 4 nitrogen and oxygen atoms in total. The van der Waals surface area contributed by atoms with E-state index < -0.39 is 0 Å². The molecule has 0 aliphatic carbocycles. The van der Waals surface area contributed by atoms with Gasteiger partial charge in [0.15, 0.2) is 10.9 Å². The highest BCUT2D eigenvalue weighted by Gasteiger charge is 2.11. The quantitative estimate of drug-likeness (QED) is 0.643. The van der Waals surface area contributed by atoms with Crippen LogP contribution in [-0.2, 0) is 7.05 Å². The van der Waals surface area contributed by atoms with E-state index in [2.05, 4.69) is 26.1 Å². The Morgan fingerprint density at radius 3 is 2.88 bits per heavy atom. The molecule has 0 saturated heterocycles. The predicted octanol–water partition coefficient (Wildman–Crippen LogP) is 2.55. The topological polar surface area (TPSA) is 47.8 Å². The van der Waals surface area contributed by atoms with Crippen molar-refractivity contribution in [2.75, 3.05) is 5.75 Å². The van der Waals surface area contributed by atoms with Gasteiger partial charge in [0.25, 0.3) is 0 Å². The number of aromatic nitrogens is 3. The van der Waals surface area contributed by atoms with Gasteiger partial charge in [-0.1, -0.05) is 45.9 Å². The summed E-state index contributed by atoms with van der Waals surface area (Å²) < 4.78 is 2.61. The highest BCUT2D eigenvalue weighted by Crippen LogP contribution is 2.20. The lowest BCUT2D eigenvalue weighted by Crippen LogP contribution is -2.04. The number of nitrogens with zero attached hydrogens (tertiary/aromatic N) is 3. The Balaban J connectivity index is 2.04. The number of carbonyl (C=O) groups is 1. The summed E-state index contributed by atoms with van der Waals surface area (Å²) in [7, 11) is 1.85. The average Bonchev–Trinajstić information content (AvgIpc) is 2.72. The van der Waals surface area contributed by atoms with Crippen LogP contribution >= 0.6 is 27.7 Å². The molecule has 0 amide bonds. The van der Waals surface area contributed by atoms with Crippen molar-refractivity contribution in [3.63, 3.8) is 0 Å². The summed E-state index contributed by atoms with van der Waals surface area (Å²) in [6.45, 7) is 0. The van der Waals surface area contributed by atoms with E-state index in [4.69, 9.17) is 0 Å². The number of thioether (sulfide) groups is 1. The minimum absolute atomic E-state index is 0.0745. The number of rotatable bonds is 4. The summed E-state index contributed by atoms with van der Waals surface area (Å²) in [6.07, 6.45) is 1.62. The summed E-state index contributed by atoms with van der Waals surface area (Å²) in [5, 5.41) is 8.42. The van der Waals surface area contributed by atoms with Crippen LogP contribution in [0.25, 0.3) is 0 Å². The summed E-state index contributed by atoms with van der Waals surface area (Å²) in [5.41, 5.74) is 0.696. The van der Waals surface area contributed by atoms with E-state index in [0.29, 0.717) is 11.3 Å². The number of hydrogen-bond donors (Lipinski definition) is 0. The molecule has 0 N–H and O–H groups in total.